The molecule has 0 aromatic heterocycles. The lowest BCUT2D eigenvalue weighted by atomic mass is 10.1. The van der Waals surface area contributed by atoms with Crippen LogP contribution >= 0.6 is 46.6 Å². The van der Waals surface area contributed by atoms with E-state index in [9.17, 15) is 9.59 Å². The lowest BCUT2D eigenvalue weighted by Gasteiger charge is -2.14. The van der Waals surface area contributed by atoms with Crippen LogP contribution in [0.15, 0.2) is 65.6 Å². The van der Waals surface area contributed by atoms with Crippen LogP contribution in [0.4, 0.5) is 4.79 Å². The van der Waals surface area contributed by atoms with Gasteiger partial charge in [-0.15, -0.1) is 0 Å². The minimum absolute atomic E-state index is 0.0623. The third kappa shape index (κ3) is 5.53. The summed E-state index contributed by atoms with van der Waals surface area (Å²) < 4.78 is 11.3. The molecule has 1 heterocycles. The fraction of sp³-hybridized carbons (Fsp3) is 0.120. The van der Waals surface area contributed by atoms with Crippen LogP contribution in [0.25, 0.3) is 6.08 Å². The number of hydrogen-bond donors (Lipinski definition) is 0. The van der Waals surface area contributed by atoms with Crippen LogP contribution in [0, 0.1) is 0 Å². The van der Waals surface area contributed by atoms with Gasteiger partial charge in [0.25, 0.3) is 11.1 Å². The summed E-state index contributed by atoms with van der Waals surface area (Å²) in [4.78, 5) is 26.9. The van der Waals surface area contributed by atoms with Gasteiger partial charge in [0.05, 0.1) is 18.6 Å². The van der Waals surface area contributed by atoms with Crippen LogP contribution in [0.1, 0.15) is 16.7 Å². The maximum Gasteiger partial charge on any atom is 0.293 e. The lowest BCUT2D eigenvalue weighted by molar-refractivity contribution is -0.123. The average Bonchev–Trinajstić information content (AvgIpc) is 3.07. The van der Waals surface area contributed by atoms with E-state index in [1.807, 2.05) is 18.2 Å². The predicted octanol–water partition coefficient (Wildman–Crippen LogP) is 7.47. The number of nitrogens with zero attached hydrogens (tertiary/aromatic N) is 1. The van der Waals surface area contributed by atoms with Gasteiger partial charge in [-0.3, -0.25) is 14.5 Å². The van der Waals surface area contributed by atoms with Crippen molar-refractivity contribution in [2.24, 2.45) is 0 Å². The Balaban J connectivity index is 1.54. The van der Waals surface area contributed by atoms with E-state index >= 15 is 0 Å². The van der Waals surface area contributed by atoms with Crippen molar-refractivity contribution in [1.29, 1.82) is 0 Å². The topological polar surface area (TPSA) is 55.8 Å². The summed E-state index contributed by atoms with van der Waals surface area (Å²) in [6.45, 7) is 0.310. The highest BCUT2D eigenvalue weighted by atomic mass is 35.5. The van der Waals surface area contributed by atoms with Gasteiger partial charge in [0, 0.05) is 20.6 Å². The van der Waals surface area contributed by atoms with Gasteiger partial charge in [-0.2, -0.15) is 0 Å². The first-order valence-corrected chi connectivity index (χ1v) is 12.0. The van der Waals surface area contributed by atoms with Gasteiger partial charge >= 0.3 is 0 Å². The van der Waals surface area contributed by atoms with Crippen molar-refractivity contribution >= 4 is 63.8 Å². The van der Waals surface area contributed by atoms with Gasteiger partial charge in [-0.1, -0.05) is 65.1 Å². The summed E-state index contributed by atoms with van der Waals surface area (Å²) in [6, 6.07) is 17.6. The molecule has 1 fully saturated rings. The molecule has 3 aromatic rings. The molecule has 0 unspecified atom stereocenters. The number of methoxy groups -OCH3 is 1. The summed E-state index contributed by atoms with van der Waals surface area (Å²) in [5.41, 5.74) is 2.15. The number of ether oxygens (including phenoxy) is 2. The number of thioether (sulfide) groups is 1. The van der Waals surface area contributed by atoms with Crippen LogP contribution in [-0.2, 0) is 17.9 Å². The molecular weight excluding hydrogens is 517 g/mol. The largest absolute Gasteiger partial charge is 0.493 e. The number of imide groups is 1. The molecule has 2 amide bonds. The summed E-state index contributed by atoms with van der Waals surface area (Å²) in [7, 11) is 1.55. The molecule has 0 spiro atoms. The Morgan fingerprint density at radius 3 is 2.44 bits per heavy atom. The molecule has 1 aliphatic rings. The van der Waals surface area contributed by atoms with E-state index in [1.54, 1.807) is 55.7 Å². The predicted molar refractivity (Wildman–Crippen MR) is 137 cm³/mol. The Morgan fingerprint density at radius 1 is 0.912 bits per heavy atom. The van der Waals surface area contributed by atoms with E-state index < -0.39 is 5.91 Å². The van der Waals surface area contributed by atoms with Crippen LogP contribution in [0.2, 0.25) is 15.1 Å². The SMILES string of the molecule is COc1ccc(/C=C2\SC(=O)N(Cc3ccc(Cl)cc3Cl)C2=O)cc1OCc1ccccc1Cl. The second-order valence-corrected chi connectivity index (χ2v) is 9.54. The molecule has 3 aromatic carbocycles. The third-order valence-corrected chi connectivity index (χ3v) is 6.91. The molecule has 0 radical (unpaired) electrons. The minimum Gasteiger partial charge on any atom is -0.493 e. The zero-order chi connectivity index (χ0) is 24.2. The van der Waals surface area contributed by atoms with Crippen molar-refractivity contribution in [3.63, 3.8) is 0 Å². The molecule has 0 bridgehead atoms. The number of benzene rings is 3. The molecular formula is C25H18Cl3NO4S. The van der Waals surface area contributed by atoms with E-state index in [1.165, 1.54) is 0 Å². The van der Waals surface area contributed by atoms with Crippen molar-refractivity contribution in [3.05, 3.63) is 97.3 Å². The standard InChI is InChI=1S/C25H18Cl3NO4S/c1-32-21-9-6-15(10-22(21)33-14-17-4-2-3-5-19(17)27)11-23-24(30)29(25(31)34-23)13-16-7-8-18(26)12-20(16)28/h2-12H,13-14H2,1H3/b23-11-. The van der Waals surface area contributed by atoms with Crippen LogP contribution in [-0.4, -0.2) is 23.2 Å². The zero-order valence-corrected chi connectivity index (χ0v) is 21.0. The summed E-state index contributed by atoms with van der Waals surface area (Å²) in [5.74, 6) is 0.633. The molecule has 0 atom stereocenters. The maximum atomic E-state index is 12.9. The number of rotatable bonds is 7. The Kier molecular flexibility index (Phi) is 7.73. The van der Waals surface area contributed by atoms with Gasteiger partial charge in [-0.25, -0.2) is 0 Å². The monoisotopic (exact) mass is 533 g/mol. The molecule has 4 rings (SSSR count). The van der Waals surface area contributed by atoms with Crippen molar-refractivity contribution in [1.82, 2.24) is 4.90 Å². The first kappa shape index (κ1) is 24.5. The number of hydrogen-bond acceptors (Lipinski definition) is 5. The quantitative estimate of drug-likeness (QED) is 0.294. The third-order valence-electron chi connectivity index (χ3n) is 5.04. The summed E-state index contributed by atoms with van der Waals surface area (Å²) in [6.07, 6.45) is 1.65. The Bertz CT molecular complexity index is 1290. The molecule has 34 heavy (non-hydrogen) atoms. The smallest absolute Gasteiger partial charge is 0.293 e. The summed E-state index contributed by atoms with van der Waals surface area (Å²) >= 11 is 19.2. The normalized spacial score (nSPS) is 14.7. The second kappa shape index (κ2) is 10.7. The summed E-state index contributed by atoms with van der Waals surface area (Å²) in [5, 5.41) is 1.11. The van der Waals surface area contributed by atoms with Gasteiger partial charge in [0.2, 0.25) is 0 Å². The van der Waals surface area contributed by atoms with Crippen LogP contribution in [0.3, 0.4) is 0 Å². The van der Waals surface area contributed by atoms with Crippen molar-refractivity contribution in [3.8, 4) is 11.5 Å². The van der Waals surface area contributed by atoms with E-state index in [-0.39, 0.29) is 18.4 Å². The number of halogens is 3. The first-order chi connectivity index (χ1) is 16.4. The molecule has 174 valence electrons. The fourth-order valence-corrected chi connectivity index (χ4v) is 4.77. The lowest BCUT2D eigenvalue weighted by Crippen LogP contribution is -2.27. The number of carbonyl (C=O) groups is 2. The fourth-order valence-electron chi connectivity index (χ4n) is 3.27. The van der Waals surface area contributed by atoms with E-state index in [0.717, 1.165) is 22.2 Å². The Labute approximate surface area is 216 Å². The van der Waals surface area contributed by atoms with Gasteiger partial charge in [0.1, 0.15) is 6.61 Å². The number of carbonyl (C=O) groups excluding carboxylic acids is 2. The molecule has 1 aliphatic heterocycles. The van der Waals surface area contributed by atoms with Crippen LogP contribution < -0.4 is 9.47 Å². The maximum absolute atomic E-state index is 12.9. The molecule has 0 saturated carbocycles. The molecule has 0 aliphatic carbocycles. The minimum atomic E-state index is -0.393. The highest BCUT2D eigenvalue weighted by Crippen LogP contribution is 2.36. The van der Waals surface area contributed by atoms with Crippen LogP contribution in [0.5, 0.6) is 11.5 Å². The van der Waals surface area contributed by atoms with Crippen molar-refractivity contribution < 1.29 is 19.1 Å². The van der Waals surface area contributed by atoms with E-state index in [4.69, 9.17) is 44.3 Å². The first-order valence-electron chi connectivity index (χ1n) is 10.1. The van der Waals surface area contributed by atoms with E-state index in [2.05, 4.69) is 0 Å². The highest BCUT2D eigenvalue weighted by molar-refractivity contribution is 8.18. The highest BCUT2D eigenvalue weighted by Gasteiger charge is 2.35. The Hall–Kier alpha value is -2.64. The average molecular weight is 535 g/mol. The molecule has 0 N–H and O–H groups in total. The molecule has 9 heteroatoms. The Morgan fingerprint density at radius 2 is 1.71 bits per heavy atom. The van der Waals surface area contributed by atoms with Gasteiger partial charge in [0.15, 0.2) is 11.5 Å². The van der Waals surface area contributed by atoms with Crippen molar-refractivity contribution in [2.45, 2.75) is 13.2 Å². The molecule has 5 nitrogen and oxygen atoms in total. The number of amides is 2. The van der Waals surface area contributed by atoms with Gasteiger partial charge < -0.3 is 9.47 Å². The zero-order valence-electron chi connectivity index (χ0n) is 17.9. The van der Waals surface area contributed by atoms with Crippen molar-refractivity contribution in [2.75, 3.05) is 7.11 Å². The van der Waals surface area contributed by atoms with E-state index in [0.29, 0.717) is 42.6 Å². The second-order valence-electron chi connectivity index (χ2n) is 7.29. The molecule has 1 saturated heterocycles. The van der Waals surface area contributed by atoms with Gasteiger partial charge in [-0.05, 0) is 59.3 Å².